The van der Waals surface area contributed by atoms with E-state index in [2.05, 4.69) is 55.7 Å². The van der Waals surface area contributed by atoms with E-state index < -0.39 is 5.97 Å². The Labute approximate surface area is 250 Å². The van der Waals surface area contributed by atoms with Crippen molar-refractivity contribution < 1.29 is 9.90 Å². The number of hydrogen-bond acceptors (Lipinski definition) is 5. The molecule has 6 aromatic rings. The number of rotatable bonds is 8. The highest BCUT2D eigenvalue weighted by molar-refractivity contribution is 6.12. The molecule has 216 valence electrons. The van der Waals surface area contributed by atoms with Gasteiger partial charge < -0.3 is 19.6 Å². The fraction of sp³-hybridized carbons (Fsp3) is 0.229. The number of fused-ring (bicyclic) bond motifs is 2. The van der Waals surface area contributed by atoms with Crippen molar-refractivity contribution >= 4 is 27.6 Å². The minimum absolute atomic E-state index is 0.238. The molecule has 1 aliphatic rings. The van der Waals surface area contributed by atoms with Gasteiger partial charge in [0.1, 0.15) is 5.82 Å². The number of aromatic carboxylic acids is 1. The van der Waals surface area contributed by atoms with Crippen LogP contribution in [0.4, 0.5) is 0 Å². The molecule has 7 rings (SSSR count). The Balaban J connectivity index is 1.34. The van der Waals surface area contributed by atoms with Crippen LogP contribution in [0.1, 0.15) is 21.5 Å². The number of nitrogens with one attached hydrogen (secondary N) is 1. The summed E-state index contributed by atoms with van der Waals surface area (Å²) in [4.78, 5) is 24.7. The van der Waals surface area contributed by atoms with E-state index >= 15 is 0 Å². The molecular formula is C35H34N6O2. The van der Waals surface area contributed by atoms with Crippen LogP contribution in [-0.4, -0.2) is 67.8 Å². The first-order valence-corrected chi connectivity index (χ1v) is 14.8. The molecule has 0 atom stereocenters. The first-order chi connectivity index (χ1) is 21.1. The van der Waals surface area contributed by atoms with Gasteiger partial charge in [-0.05, 0) is 53.1 Å². The molecule has 8 nitrogen and oxygen atoms in total. The van der Waals surface area contributed by atoms with Gasteiger partial charge in [0.15, 0.2) is 0 Å². The number of aromatic nitrogens is 4. The molecule has 1 fully saturated rings. The van der Waals surface area contributed by atoms with Crippen LogP contribution in [0.3, 0.4) is 0 Å². The van der Waals surface area contributed by atoms with Crippen molar-refractivity contribution in [3.05, 3.63) is 108 Å². The van der Waals surface area contributed by atoms with Crippen LogP contribution < -0.4 is 5.32 Å². The number of pyridine rings is 1. The minimum atomic E-state index is -0.986. The largest absolute Gasteiger partial charge is 0.478 e. The quantitative estimate of drug-likeness (QED) is 0.245. The number of nitrogens with zero attached hydrogens (tertiary/aromatic N) is 5. The van der Waals surface area contributed by atoms with Crippen LogP contribution >= 0.6 is 0 Å². The fourth-order valence-corrected chi connectivity index (χ4v) is 6.51. The predicted octanol–water partition coefficient (Wildman–Crippen LogP) is 5.68. The number of hydrogen-bond donors (Lipinski definition) is 2. The van der Waals surface area contributed by atoms with Gasteiger partial charge >= 0.3 is 5.97 Å². The molecule has 0 saturated carbocycles. The summed E-state index contributed by atoms with van der Waals surface area (Å²) in [7, 11) is 0. The summed E-state index contributed by atoms with van der Waals surface area (Å²) in [6, 6.07) is 21.8. The number of piperazine rings is 1. The van der Waals surface area contributed by atoms with Crippen molar-refractivity contribution in [1.29, 1.82) is 0 Å². The normalized spacial score (nSPS) is 14.1. The number of imidazole rings is 1. The Hall–Kier alpha value is -4.79. The standard InChI is InChI=1S/C35H34N6O2/c1-24-7-6-11-30-31(24)26(22-40(30)20-19-39-16-13-36-14-17-39)23-41-18-15-38-34(41)28-21-25-8-2-3-9-27(25)33(35(42)43)32(28)29-10-4-5-12-37-29/h2-12,15,18,21-22,36H,13-14,16-17,19-20,23H2,1H3,(H,42,43). The highest BCUT2D eigenvalue weighted by Gasteiger charge is 2.24. The topological polar surface area (TPSA) is 88.2 Å². The van der Waals surface area contributed by atoms with Gasteiger partial charge in [0.25, 0.3) is 0 Å². The molecule has 0 aliphatic carbocycles. The average Bonchev–Trinajstić information content (AvgIpc) is 3.65. The molecular weight excluding hydrogens is 536 g/mol. The number of carboxylic acid groups (broad SMARTS) is 1. The van der Waals surface area contributed by atoms with Gasteiger partial charge in [0, 0.05) is 86.1 Å². The second-order valence-electron chi connectivity index (χ2n) is 11.2. The number of carboxylic acids is 1. The minimum Gasteiger partial charge on any atom is -0.478 e. The zero-order chi connectivity index (χ0) is 29.3. The van der Waals surface area contributed by atoms with E-state index in [-0.39, 0.29) is 5.56 Å². The number of benzene rings is 3. The van der Waals surface area contributed by atoms with E-state index in [4.69, 9.17) is 4.98 Å². The van der Waals surface area contributed by atoms with Gasteiger partial charge in [-0.1, -0.05) is 42.5 Å². The third-order valence-electron chi connectivity index (χ3n) is 8.54. The summed E-state index contributed by atoms with van der Waals surface area (Å²) in [5, 5.41) is 16.7. The second kappa shape index (κ2) is 11.5. The van der Waals surface area contributed by atoms with E-state index in [1.54, 1.807) is 12.4 Å². The lowest BCUT2D eigenvalue weighted by Gasteiger charge is -2.27. The SMILES string of the molecule is Cc1cccc2c1c(Cn1ccnc1-c1cc3ccccc3c(C(=O)O)c1-c1ccccn1)cn2CCN1CCNCC1. The molecule has 0 unspecified atom stereocenters. The van der Waals surface area contributed by atoms with E-state index in [0.717, 1.165) is 50.2 Å². The maximum atomic E-state index is 12.8. The highest BCUT2D eigenvalue weighted by Crippen LogP contribution is 2.39. The highest BCUT2D eigenvalue weighted by atomic mass is 16.4. The van der Waals surface area contributed by atoms with Gasteiger partial charge in [-0.2, -0.15) is 0 Å². The van der Waals surface area contributed by atoms with Crippen molar-refractivity contribution in [2.24, 2.45) is 0 Å². The van der Waals surface area contributed by atoms with Crippen LogP contribution in [0.2, 0.25) is 0 Å². The van der Waals surface area contributed by atoms with E-state index in [9.17, 15) is 9.90 Å². The van der Waals surface area contributed by atoms with Crippen molar-refractivity contribution in [2.75, 3.05) is 32.7 Å². The third-order valence-corrected chi connectivity index (χ3v) is 8.54. The van der Waals surface area contributed by atoms with Gasteiger partial charge in [0.05, 0.1) is 17.8 Å². The molecule has 4 heterocycles. The predicted molar refractivity (Wildman–Crippen MR) is 170 cm³/mol. The van der Waals surface area contributed by atoms with Crippen molar-refractivity contribution in [2.45, 2.75) is 20.0 Å². The van der Waals surface area contributed by atoms with Crippen LogP contribution in [0.15, 0.2) is 91.5 Å². The Morgan fingerprint density at radius 3 is 2.58 bits per heavy atom. The molecule has 1 aliphatic heterocycles. The lowest BCUT2D eigenvalue weighted by Crippen LogP contribution is -2.44. The zero-order valence-corrected chi connectivity index (χ0v) is 24.2. The third kappa shape index (κ3) is 5.09. The summed E-state index contributed by atoms with van der Waals surface area (Å²) in [5.74, 6) is -0.274. The molecule has 0 bridgehead atoms. The summed E-state index contributed by atoms with van der Waals surface area (Å²) >= 11 is 0. The second-order valence-corrected chi connectivity index (χ2v) is 11.2. The Morgan fingerprint density at radius 2 is 1.77 bits per heavy atom. The fourth-order valence-electron chi connectivity index (χ4n) is 6.51. The van der Waals surface area contributed by atoms with Gasteiger partial charge in [-0.25, -0.2) is 9.78 Å². The first-order valence-electron chi connectivity index (χ1n) is 14.8. The Bertz CT molecular complexity index is 1940. The zero-order valence-electron chi connectivity index (χ0n) is 24.2. The van der Waals surface area contributed by atoms with Gasteiger partial charge in [-0.3, -0.25) is 9.88 Å². The summed E-state index contributed by atoms with van der Waals surface area (Å²) in [6.45, 7) is 8.94. The van der Waals surface area contributed by atoms with E-state index in [1.807, 2.05) is 54.7 Å². The van der Waals surface area contributed by atoms with E-state index in [0.29, 0.717) is 29.0 Å². The average molecular weight is 571 g/mol. The molecule has 0 amide bonds. The van der Waals surface area contributed by atoms with E-state index in [1.165, 1.54) is 22.0 Å². The summed E-state index contributed by atoms with van der Waals surface area (Å²) < 4.78 is 4.51. The summed E-state index contributed by atoms with van der Waals surface area (Å²) in [5.41, 5.74) is 5.86. The van der Waals surface area contributed by atoms with Gasteiger partial charge in [-0.15, -0.1) is 0 Å². The molecule has 43 heavy (non-hydrogen) atoms. The molecule has 0 spiro atoms. The maximum Gasteiger partial charge on any atom is 0.337 e. The Morgan fingerprint density at radius 1 is 0.930 bits per heavy atom. The molecule has 3 aromatic heterocycles. The monoisotopic (exact) mass is 570 g/mol. The van der Waals surface area contributed by atoms with Crippen LogP contribution in [0, 0.1) is 6.92 Å². The van der Waals surface area contributed by atoms with Gasteiger partial charge in [0.2, 0.25) is 0 Å². The van der Waals surface area contributed by atoms with Crippen LogP contribution in [0.5, 0.6) is 0 Å². The molecule has 1 saturated heterocycles. The van der Waals surface area contributed by atoms with Crippen molar-refractivity contribution in [3.8, 4) is 22.6 Å². The Kier molecular flexibility index (Phi) is 7.22. The van der Waals surface area contributed by atoms with Crippen LogP contribution in [0.25, 0.3) is 44.3 Å². The lowest BCUT2D eigenvalue weighted by molar-refractivity contribution is 0.0700. The maximum absolute atomic E-state index is 12.8. The lowest BCUT2D eigenvalue weighted by atomic mass is 9.91. The van der Waals surface area contributed by atoms with Crippen molar-refractivity contribution in [3.63, 3.8) is 0 Å². The smallest absolute Gasteiger partial charge is 0.337 e. The number of carbonyl (C=O) groups is 1. The molecule has 8 heteroatoms. The first kappa shape index (κ1) is 27.1. The molecule has 3 aromatic carbocycles. The number of aryl methyl sites for hydroxylation is 1. The summed E-state index contributed by atoms with van der Waals surface area (Å²) in [6.07, 6.45) is 7.76. The van der Waals surface area contributed by atoms with Crippen LogP contribution in [-0.2, 0) is 13.1 Å². The van der Waals surface area contributed by atoms with Crippen molar-refractivity contribution in [1.82, 2.24) is 29.3 Å². The molecule has 0 radical (unpaired) electrons. The molecule has 2 N–H and O–H groups in total.